The second-order valence-electron chi connectivity index (χ2n) is 6.39. The maximum absolute atomic E-state index is 9.93. The Morgan fingerprint density at radius 1 is 1.23 bits per heavy atom. The number of nitrogens with one attached hydrogen (secondary N) is 1. The normalized spacial score (nSPS) is 41.5. The number of hydrogen-bond acceptors (Lipinski definition) is 6. The van der Waals surface area contributed by atoms with E-state index in [1.807, 2.05) is 6.92 Å². The summed E-state index contributed by atoms with van der Waals surface area (Å²) >= 11 is 0. The molecule has 3 fully saturated rings. The molecular formula is C16H18N4O2. The topological polar surface area (TPSA) is 114 Å². The number of nitriles is 3. The smallest absolute Gasteiger partial charge is 0.217 e. The first kappa shape index (κ1) is 14.8. The molecule has 2 aliphatic heterocycles. The minimum Gasteiger partial charge on any atom is -0.447 e. The van der Waals surface area contributed by atoms with E-state index in [1.165, 1.54) is 0 Å². The Morgan fingerprint density at radius 2 is 1.95 bits per heavy atom. The average Bonchev–Trinajstić information content (AvgIpc) is 2.74. The van der Waals surface area contributed by atoms with Crippen molar-refractivity contribution < 1.29 is 9.47 Å². The first-order chi connectivity index (χ1) is 10.6. The van der Waals surface area contributed by atoms with Crippen LogP contribution in [0.15, 0.2) is 0 Å². The van der Waals surface area contributed by atoms with Gasteiger partial charge in [0.05, 0.1) is 30.2 Å². The second-order valence-corrected chi connectivity index (χ2v) is 6.39. The summed E-state index contributed by atoms with van der Waals surface area (Å²) in [5.41, 5.74) is -3.20. The van der Waals surface area contributed by atoms with E-state index in [2.05, 4.69) is 18.2 Å². The molecule has 114 valence electrons. The lowest BCUT2D eigenvalue weighted by Gasteiger charge is -2.51. The van der Waals surface area contributed by atoms with E-state index in [0.29, 0.717) is 19.3 Å². The van der Waals surface area contributed by atoms with Crippen LogP contribution in [-0.4, -0.2) is 17.8 Å². The van der Waals surface area contributed by atoms with Crippen LogP contribution in [0, 0.1) is 56.2 Å². The Labute approximate surface area is 129 Å². The molecule has 0 spiro atoms. The molecule has 0 aromatic carbocycles. The summed E-state index contributed by atoms with van der Waals surface area (Å²) in [5.74, 6) is -1.68. The fourth-order valence-corrected chi connectivity index (χ4v) is 4.50. The minimum absolute atomic E-state index is 0.261. The molecule has 1 saturated carbocycles. The number of hydrogen-bond donors (Lipinski definition) is 1. The third-order valence-corrected chi connectivity index (χ3v) is 5.48. The molecule has 1 N–H and O–H groups in total. The van der Waals surface area contributed by atoms with Crippen LogP contribution in [0.3, 0.4) is 0 Å². The van der Waals surface area contributed by atoms with Crippen molar-refractivity contribution in [3.05, 3.63) is 0 Å². The van der Waals surface area contributed by atoms with Gasteiger partial charge in [-0.15, -0.1) is 0 Å². The molecule has 0 aromatic rings. The molecule has 1 aliphatic carbocycles. The predicted octanol–water partition coefficient (Wildman–Crippen LogP) is 2.62. The van der Waals surface area contributed by atoms with Crippen molar-refractivity contribution in [2.75, 3.05) is 0 Å². The van der Waals surface area contributed by atoms with Gasteiger partial charge in [-0.3, -0.25) is 5.41 Å². The quantitative estimate of drug-likeness (QED) is 0.841. The first-order valence-corrected chi connectivity index (χ1v) is 7.76. The molecule has 0 aromatic heterocycles. The Balaban J connectivity index is 2.26. The molecule has 0 unspecified atom stereocenters. The number of ether oxygens (including phenoxy) is 2. The molecule has 6 heteroatoms. The Kier molecular flexibility index (Phi) is 3.17. The van der Waals surface area contributed by atoms with Crippen molar-refractivity contribution in [3.63, 3.8) is 0 Å². The summed E-state index contributed by atoms with van der Waals surface area (Å²) in [6.45, 7) is 1.95. The largest absolute Gasteiger partial charge is 0.447 e. The molecule has 3 aliphatic rings. The molecule has 2 heterocycles. The van der Waals surface area contributed by atoms with Crippen molar-refractivity contribution in [3.8, 4) is 18.2 Å². The van der Waals surface area contributed by atoms with Gasteiger partial charge in [-0.05, 0) is 19.3 Å². The van der Waals surface area contributed by atoms with Gasteiger partial charge in [0.1, 0.15) is 0 Å². The lowest BCUT2D eigenvalue weighted by Crippen LogP contribution is -2.63. The van der Waals surface area contributed by atoms with Gasteiger partial charge in [-0.2, -0.15) is 15.8 Å². The van der Waals surface area contributed by atoms with Gasteiger partial charge < -0.3 is 9.47 Å². The van der Waals surface area contributed by atoms with E-state index in [9.17, 15) is 15.8 Å². The summed E-state index contributed by atoms with van der Waals surface area (Å²) < 4.78 is 11.9. The van der Waals surface area contributed by atoms with Crippen LogP contribution < -0.4 is 0 Å². The lowest BCUT2D eigenvalue weighted by molar-refractivity contribution is -0.292. The second kappa shape index (κ2) is 4.70. The van der Waals surface area contributed by atoms with E-state index in [4.69, 9.17) is 14.9 Å². The summed E-state index contributed by atoms with van der Waals surface area (Å²) in [7, 11) is 0. The fraction of sp³-hybridized carbons (Fsp3) is 0.750. The van der Waals surface area contributed by atoms with Crippen LogP contribution in [0.25, 0.3) is 0 Å². The number of rotatable bonds is 2. The van der Waals surface area contributed by atoms with Gasteiger partial charge in [0.2, 0.25) is 11.7 Å². The van der Waals surface area contributed by atoms with Crippen LogP contribution in [-0.2, 0) is 9.47 Å². The highest BCUT2D eigenvalue weighted by molar-refractivity contribution is 5.89. The van der Waals surface area contributed by atoms with Crippen LogP contribution in [0.4, 0.5) is 0 Å². The predicted molar refractivity (Wildman–Crippen MR) is 75.0 cm³/mol. The Bertz CT molecular complexity index is 626. The highest BCUT2D eigenvalue weighted by atomic mass is 16.7. The van der Waals surface area contributed by atoms with Crippen molar-refractivity contribution >= 4 is 5.90 Å². The van der Waals surface area contributed by atoms with Crippen LogP contribution in [0.2, 0.25) is 0 Å². The molecule has 3 rings (SSSR count). The molecule has 4 atom stereocenters. The van der Waals surface area contributed by atoms with Crippen LogP contribution in [0.1, 0.15) is 45.4 Å². The minimum atomic E-state index is -1.68. The van der Waals surface area contributed by atoms with Crippen molar-refractivity contribution in [2.24, 2.45) is 16.7 Å². The molecule has 22 heavy (non-hydrogen) atoms. The van der Waals surface area contributed by atoms with E-state index in [0.717, 1.165) is 19.3 Å². The van der Waals surface area contributed by atoms with Gasteiger partial charge >= 0.3 is 0 Å². The summed E-state index contributed by atoms with van der Waals surface area (Å²) in [6.07, 6.45) is 3.55. The maximum atomic E-state index is 9.93. The molecule has 0 amide bonds. The lowest BCUT2D eigenvalue weighted by atomic mass is 9.52. The van der Waals surface area contributed by atoms with Gasteiger partial charge in [-0.1, -0.05) is 19.8 Å². The molecule has 2 bridgehead atoms. The molecule has 2 saturated heterocycles. The van der Waals surface area contributed by atoms with E-state index >= 15 is 0 Å². The average molecular weight is 298 g/mol. The van der Waals surface area contributed by atoms with Crippen molar-refractivity contribution in [1.29, 1.82) is 21.2 Å². The third-order valence-electron chi connectivity index (χ3n) is 5.48. The Morgan fingerprint density at radius 3 is 2.55 bits per heavy atom. The van der Waals surface area contributed by atoms with Gasteiger partial charge in [0.25, 0.3) is 0 Å². The molecular weight excluding hydrogens is 280 g/mol. The molecule has 6 nitrogen and oxygen atoms in total. The van der Waals surface area contributed by atoms with Gasteiger partial charge in [0.15, 0.2) is 10.8 Å². The third kappa shape index (κ3) is 1.38. The Hall–Kier alpha value is -2.10. The van der Waals surface area contributed by atoms with E-state index in [1.54, 1.807) is 0 Å². The highest BCUT2D eigenvalue weighted by Crippen LogP contribution is 2.66. The van der Waals surface area contributed by atoms with Gasteiger partial charge in [0, 0.05) is 6.42 Å². The standard InChI is InChI=1S/C16H18N4O2/c1-2-5-12-14(8-17,9-18)15(10-19)11-6-3-4-7-16(11,21-12)22-13(15)20/h11-12,20H,2-7H2,1H3/t11-,12-,15+,16-/m1/s1. The fourth-order valence-electron chi connectivity index (χ4n) is 4.50. The van der Waals surface area contributed by atoms with Crippen LogP contribution in [0.5, 0.6) is 0 Å². The zero-order chi connectivity index (χ0) is 16.0. The van der Waals surface area contributed by atoms with Crippen LogP contribution >= 0.6 is 0 Å². The zero-order valence-corrected chi connectivity index (χ0v) is 12.6. The highest BCUT2D eigenvalue weighted by Gasteiger charge is 2.79. The monoisotopic (exact) mass is 298 g/mol. The summed E-state index contributed by atoms with van der Waals surface area (Å²) in [5, 5.41) is 37.8. The summed E-state index contributed by atoms with van der Waals surface area (Å²) in [4.78, 5) is 0. The summed E-state index contributed by atoms with van der Waals surface area (Å²) in [6, 6.07) is 6.26. The van der Waals surface area contributed by atoms with E-state index in [-0.39, 0.29) is 5.90 Å². The molecule has 0 radical (unpaired) electrons. The van der Waals surface area contributed by atoms with Crippen molar-refractivity contribution in [1.82, 2.24) is 0 Å². The van der Waals surface area contributed by atoms with E-state index < -0.39 is 28.6 Å². The maximum Gasteiger partial charge on any atom is 0.217 e. The van der Waals surface area contributed by atoms with Crippen molar-refractivity contribution in [2.45, 2.75) is 57.3 Å². The first-order valence-electron chi connectivity index (χ1n) is 7.76. The van der Waals surface area contributed by atoms with Gasteiger partial charge in [-0.25, -0.2) is 0 Å². The zero-order valence-electron chi connectivity index (χ0n) is 12.6. The SMILES string of the molecule is CCC[C@H]1O[C@@]23CCCC[C@@H]2[C@@](C#N)(C(=N)O3)C1(C#N)C#N. The number of nitrogens with zero attached hydrogens (tertiary/aromatic N) is 3.